The molecule has 0 unspecified atom stereocenters. The number of carbonyl (C=O) groups excluding carboxylic acids is 1. The van der Waals surface area contributed by atoms with Crippen LogP contribution in [0.3, 0.4) is 0 Å². The molecule has 1 fully saturated rings. The van der Waals surface area contributed by atoms with Gasteiger partial charge in [-0.1, -0.05) is 19.0 Å². The lowest BCUT2D eigenvalue weighted by atomic mass is 9.57. The molecule has 23 heavy (non-hydrogen) atoms. The predicted molar refractivity (Wildman–Crippen MR) is 82.8 cm³/mol. The molecule has 1 amide bonds. The van der Waals surface area contributed by atoms with E-state index in [0.29, 0.717) is 18.3 Å². The van der Waals surface area contributed by atoms with Crippen molar-refractivity contribution in [3.8, 4) is 0 Å². The second-order valence-corrected chi connectivity index (χ2v) is 6.68. The van der Waals surface area contributed by atoms with Crippen molar-refractivity contribution in [2.45, 2.75) is 39.3 Å². The van der Waals surface area contributed by atoms with Crippen LogP contribution in [0.1, 0.15) is 42.3 Å². The van der Waals surface area contributed by atoms with Crippen molar-refractivity contribution in [3.63, 3.8) is 0 Å². The van der Waals surface area contributed by atoms with E-state index in [9.17, 15) is 4.79 Å². The number of rotatable bonds is 6. The first-order chi connectivity index (χ1) is 11.0. The van der Waals surface area contributed by atoms with E-state index in [-0.39, 0.29) is 17.4 Å². The number of carbonyl (C=O) groups is 1. The number of nitrogens with one attached hydrogen (secondary N) is 1. The van der Waals surface area contributed by atoms with Crippen LogP contribution in [0.25, 0.3) is 0 Å². The first kappa shape index (κ1) is 15.8. The second kappa shape index (κ2) is 6.20. The highest BCUT2D eigenvalue weighted by molar-refractivity contribution is 5.91. The molecule has 0 spiro atoms. The molecule has 2 aromatic heterocycles. The highest BCUT2D eigenvalue weighted by atomic mass is 16.5. The van der Waals surface area contributed by atoms with Crippen molar-refractivity contribution in [2.75, 3.05) is 7.11 Å². The lowest BCUT2D eigenvalue weighted by molar-refractivity contribution is 0.0131. The van der Waals surface area contributed by atoms with Crippen LogP contribution in [-0.2, 0) is 17.8 Å². The van der Waals surface area contributed by atoms with Gasteiger partial charge in [-0.3, -0.25) is 4.79 Å². The minimum atomic E-state index is -0.157. The van der Waals surface area contributed by atoms with Crippen molar-refractivity contribution < 1.29 is 18.5 Å². The number of ether oxygens (including phenoxy) is 1. The summed E-state index contributed by atoms with van der Waals surface area (Å²) in [4.78, 5) is 12.1. The van der Waals surface area contributed by atoms with Gasteiger partial charge in [-0.05, 0) is 36.3 Å². The number of hydrogen-bond donors (Lipinski definition) is 1. The topological polar surface area (TPSA) is 77.5 Å². The number of furan rings is 1. The highest BCUT2D eigenvalue weighted by Gasteiger charge is 2.48. The SMILES string of the molecule is COCc1cc(C[C@@H]2C[C@H](NC(=O)c3ccco3)C2(C)C)no1. The Morgan fingerprint density at radius 2 is 2.35 bits per heavy atom. The van der Waals surface area contributed by atoms with Crippen molar-refractivity contribution >= 4 is 5.91 Å². The molecule has 1 aliphatic rings. The first-order valence-electron chi connectivity index (χ1n) is 7.78. The van der Waals surface area contributed by atoms with E-state index in [1.807, 2.05) is 6.07 Å². The monoisotopic (exact) mass is 318 g/mol. The Balaban J connectivity index is 1.56. The summed E-state index contributed by atoms with van der Waals surface area (Å²) in [6.45, 7) is 4.78. The van der Waals surface area contributed by atoms with Gasteiger partial charge in [0.1, 0.15) is 6.61 Å². The summed E-state index contributed by atoms with van der Waals surface area (Å²) in [5.41, 5.74) is 0.939. The van der Waals surface area contributed by atoms with Crippen LogP contribution < -0.4 is 5.32 Å². The molecule has 1 aliphatic carbocycles. The molecule has 0 bridgehead atoms. The largest absolute Gasteiger partial charge is 0.459 e. The van der Waals surface area contributed by atoms with Crippen LogP contribution in [0.15, 0.2) is 33.4 Å². The van der Waals surface area contributed by atoms with E-state index >= 15 is 0 Å². The van der Waals surface area contributed by atoms with Crippen molar-refractivity contribution in [2.24, 2.45) is 11.3 Å². The zero-order chi connectivity index (χ0) is 16.4. The van der Waals surface area contributed by atoms with E-state index in [1.54, 1.807) is 19.2 Å². The summed E-state index contributed by atoms with van der Waals surface area (Å²) in [6.07, 6.45) is 3.27. The lowest BCUT2D eigenvalue weighted by Crippen LogP contribution is -2.58. The molecular formula is C17H22N2O4. The Morgan fingerprint density at radius 1 is 1.52 bits per heavy atom. The van der Waals surface area contributed by atoms with E-state index in [4.69, 9.17) is 13.7 Å². The summed E-state index contributed by atoms with van der Waals surface area (Å²) in [5.74, 6) is 1.38. The van der Waals surface area contributed by atoms with Gasteiger partial charge in [-0.15, -0.1) is 0 Å². The molecule has 0 aromatic carbocycles. The molecule has 6 nitrogen and oxygen atoms in total. The van der Waals surface area contributed by atoms with Gasteiger partial charge in [0.2, 0.25) is 0 Å². The van der Waals surface area contributed by atoms with E-state index in [2.05, 4.69) is 24.3 Å². The summed E-state index contributed by atoms with van der Waals surface area (Å²) < 4.78 is 15.4. The Kier molecular flexibility index (Phi) is 4.26. The average molecular weight is 318 g/mol. The van der Waals surface area contributed by atoms with Gasteiger partial charge in [0.15, 0.2) is 11.5 Å². The maximum atomic E-state index is 12.1. The van der Waals surface area contributed by atoms with Gasteiger partial charge < -0.3 is 19.0 Å². The Labute approximate surface area is 135 Å². The van der Waals surface area contributed by atoms with Crippen molar-refractivity contribution in [1.29, 1.82) is 0 Å². The Hall–Kier alpha value is -2.08. The molecule has 6 heteroatoms. The quantitative estimate of drug-likeness (QED) is 0.886. The van der Waals surface area contributed by atoms with Gasteiger partial charge >= 0.3 is 0 Å². The third kappa shape index (κ3) is 3.17. The third-order valence-corrected chi connectivity index (χ3v) is 4.87. The molecular weight excluding hydrogens is 296 g/mol. The fourth-order valence-corrected chi connectivity index (χ4v) is 3.16. The van der Waals surface area contributed by atoms with Gasteiger partial charge in [-0.25, -0.2) is 0 Å². The number of nitrogens with zero attached hydrogens (tertiary/aromatic N) is 1. The first-order valence-corrected chi connectivity index (χ1v) is 7.78. The average Bonchev–Trinajstić information content (AvgIpc) is 3.18. The van der Waals surface area contributed by atoms with Gasteiger partial charge in [0.25, 0.3) is 5.91 Å². The molecule has 1 N–H and O–H groups in total. The molecule has 124 valence electrons. The normalized spacial score (nSPS) is 22.6. The molecule has 0 saturated heterocycles. The van der Waals surface area contributed by atoms with Gasteiger partial charge in [-0.2, -0.15) is 0 Å². The van der Waals surface area contributed by atoms with Crippen LogP contribution in [0, 0.1) is 11.3 Å². The Morgan fingerprint density at radius 3 is 3.00 bits per heavy atom. The molecule has 0 aliphatic heterocycles. The minimum absolute atomic E-state index is 0.00260. The molecule has 2 heterocycles. The maximum Gasteiger partial charge on any atom is 0.287 e. The van der Waals surface area contributed by atoms with Crippen molar-refractivity contribution in [3.05, 3.63) is 41.7 Å². The summed E-state index contributed by atoms with van der Waals surface area (Å²) in [7, 11) is 1.63. The third-order valence-electron chi connectivity index (χ3n) is 4.87. The lowest BCUT2D eigenvalue weighted by Gasteiger charge is -2.52. The van der Waals surface area contributed by atoms with Crippen molar-refractivity contribution in [1.82, 2.24) is 10.5 Å². The number of amides is 1. The molecule has 0 radical (unpaired) electrons. The van der Waals surface area contributed by atoms with Crippen LogP contribution >= 0.6 is 0 Å². The predicted octanol–water partition coefficient (Wildman–Crippen LogP) is 2.80. The van der Waals surface area contributed by atoms with Crippen LogP contribution in [0.4, 0.5) is 0 Å². The van der Waals surface area contributed by atoms with E-state index in [0.717, 1.165) is 24.3 Å². The van der Waals surface area contributed by atoms with E-state index < -0.39 is 0 Å². The second-order valence-electron chi connectivity index (χ2n) is 6.68. The summed E-state index contributed by atoms with van der Waals surface area (Å²) >= 11 is 0. The van der Waals surface area contributed by atoms with E-state index in [1.165, 1.54) is 6.26 Å². The van der Waals surface area contributed by atoms with Crippen LogP contribution in [-0.4, -0.2) is 24.2 Å². The summed E-state index contributed by atoms with van der Waals surface area (Å²) in [6, 6.07) is 5.46. The van der Waals surface area contributed by atoms with Gasteiger partial charge in [0, 0.05) is 19.2 Å². The highest BCUT2D eigenvalue weighted by Crippen LogP contribution is 2.47. The maximum absolute atomic E-state index is 12.1. The summed E-state index contributed by atoms with van der Waals surface area (Å²) in [5, 5.41) is 7.15. The van der Waals surface area contributed by atoms with Crippen LogP contribution in [0.5, 0.6) is 0 Å². The fraction of sp³-hybridized carbons (Fsp3) is 0.529. The number of hydrogen-bond acceptors (Lipinski definition) is 5. The zero-order valence-electron chi connectivity index (χ0n) is 13.7. The molecule has 3 rings (SSSR count). The minimum Gasteiger partial charge on any atom is -0.459 e. The van der Waals surface area contributed by atoms with Crippen LogP contribution in [0.2, 0.25) is 0 Å². The smallest absolute Gasteiger partial charge is 0.287 e. The Bertz CT molecular complexity index is 660. The molecule has 2 aromatic rings. The zero-order valence-corrected chi connectivity index (χ0v) is 13.7. The number of methoxy groups -OCH3 is 1. The van der Waals surface area contributed by atoms with Gasteiger partial charge in [0.05, 0.1) is 12.0 Å². The standard InChI is InChI=1S/C17H22N2O4/c1-17(2)11(7-12-9-13(10-21-3)23-19-12)8-15(17)18-16(20)14-5-4-6-22-14/h4-6,9,11,15H,7-8,10H2,1-3H3,(H,18,20)/t11-,15+/m1/s1. The number of aromatic nitrogens is 1. The molecule has 2 atom stereocenters. The molecule has 1 saturated carbocycles. The fourth-order valence-electron chi connectivity index (χ4n) is 3.16.